The Morgan fingerprint density at radius 2 is 1.84 bits per heavy atom. The third kappa shape index (κ3) is 7.95. The number of amides is 2. The van der Waals surface area contributed by atoms with Crippen molar-refractivity contribution in [2.75, 3.05) is 26.2 Å². The van der Waals surface area contributed by atoms with Gasteiger partial charge in [-0.15, -0.1) is 0 Å². The van der Waals surface area contributed by atoms with Crippen LogP contribution in [-0.4, -0.2) is 70.2 Å². The number of pyridine rings is 1. The average Bonchev–Trinajstić information content (AvgIpc) is 3.75. The zero-order valence-corrected chi connectivity index (χ0v) is 26.1. The van der Waals surface area contributed by atoms with Crippen molar-refractivity contribution in [2.45, 2.75) is 76.7 Å². The summed E-state index contributed by atoms with van der Waals surface area (Å²) < 4.78 is 13.5. The summed E-state index contributed by atoms with van der Waals surface area (Å²) in [5, 5.41) is 17.9. The van der Waals surface area contributed by atoms with Crippen LogP contribution in [0.2, 0.25) is 0 Å². The van der Waals surface area contributed by atoms with E-state index >= 15 is 0 Å². The first kappa shape index (κ1) is 31.3. The number of piperidine rings is 1. The fourth-order valence-corrected chi connectivity index (χ4v) is 6.62. The third-order valence-corrected chi connectivity index (χ3v) is 9.33. The lowest BCUT2D eigenvalue weighted by atomic mass is 9.97. The van der Waals surface area contributed by atoms with Crippen LogP contribution >= 0.6 is 0 Å². The van der Waals surface area contributed by atoms with Crippen molar-refractivity contribution in [3.8, 4) is 0 Å². The molecular formula is C36H44FN5O3. The number of nitrogens with one attached hydrogen (secondary N) is 2. The summed E-state index contributed by atoms with van der Waals surface area (Å²) in [6.07, 6.45) is 11.4. The van der Waals surface area contributed by atoms with Gasteiger partial charge in [0.15, 0.2) is 0 Å². The Balaban J connectivity index is 1.07. The zero-order chi connectivity index (χ0) is 31.3. The largest absolute Gasteiger partial charge is 0.376 e. The highest BCUT2D eigenvalue weighted by Crippen LogP contribution is 2.32. The summed E-state index contributed by atoms with van der Waals surface area (Å²) in [5.41, 5.74) is 4.27. The second-order valence-electron chi connectivity index (χ2n) is 12.8. The molecule has 8 nitrogen and oxygen atoms in total. The van der Waals surface area contributed by atoms with E-state index in [0.29, 0.717) is 29.8 Å². The van der Waals surface area contributed by atoms with Gasteiger partial charge in [0, 0.05) is 24.5 Å². The van der Waals surface area contributed by atoms with Gasteiger partial charge < -0.3 is 15.3 Å². The fraction of sp³-hybridized carbons (Fsp3) is 0.472. The van der Waals surface area contributed by atoms with Crippen LogP contribution in [0.15, 0.2) is 54.6 Å². The second kappa shape index (κ2) is 14.2. The Kier molecular flexibility index (Phi) is 9.88. The van der Waals surface area contributed by atoms with Crippen LogP contribution in [0, 0.1) is 11.7 Å². The lowest BCUT2D eigenvalue weighted by Gasteiger charge is -2.31. The van der Waals surface area contributed by atoms with Gasteiger partial charge in [0.1, 0.15) is 17.7 Å². The van der Waals surface area contributed by atoms with Gasteiger partial charge in [-0.1, -0.05) is 42.8 Å². The van der Waals surface area contributed by atoms with Crippen LogP contribution in [0.4, 0.5) is 4.39 Å². The number of benzene rings is 2. The molecule has 1 aliphatic carbocycles. The predicted octanol–water partition coefficient (Wildman–Crippen LogP) is 5.17. The number of carbonyl (C=O) groups excluding carboxylic acids is 2. The Morgan fingerprint density at radius 1 is 1.02 bits per heavy atom. The normalized spacial score (nSPS) is 20.5. The number of allylic oxidation sites excluding steroid dienone is 1. The van der Waals surface area contributed by atoms with Gasteiger partial charge in [-0.25, -0.2) is 9.37 Å². The van der Waals surface area contributed by atoms with E-state index in [1.807, 2.05) is 0 Å². The van der Waals surface area contributed by atoms with Crippen molar-refractivity contribution >= 4 is 28.8 Å². The maximum Gasteiger partial charge on any atom is 0.270 e. The molecular weight excluding hydrogens is 569 g/mol. The van der Waals surface area contributed by atoms with Crippen molar-refractivity contribution in [3.63, 3.8) is 0 Å². The zero-order valence-electron chi connectivity index (χ0n) is 26.1. The van der Waals surface area contributed by atoms with Gasteiger partial charge in [-0.05, 0) is 105 Å². The first-order valence-electron chi connectivity index (χ1n) is 16.5. The lowest BCUT2D eigenvalue weighted by molar-refractivity contribution is -0.133. The van der Waals surface area contributed by atoms with Crippen molar-refractivity contribution in [2.24, 2.45) is 5.92 Å². The Bertz CT molecular complexity index is 1550. The maximum atomic E-state index is 13.5. The molecule has 2 unspecified atom stereocenters. The Labute approximate surface area is 264 Å². The van der Waals surface area contributed by atoms with E-state index < -0.39 is 18.2 Å². The quantitative estimate of drug-likeness (QED) is 0.258. The van der Waals surface area contributed by atoms with Crippen molar-refractivity contribution in [3.05, 3.63) is 82.8 Å². The second-order valence-corrected chi connectivity index (χ2v) is 12.8. The minimum Gasteiger partial charge on any atom is -0.376 e. The molecule has 238 valence electrons. The summed E-state index contributed by atoms with van der Waals surface area (Å²) in [4.78, 5) is 34.5. The fourth-order valence-electron chi connectivity index (χ4n) is 6.62. The van der Waals surface area contributed by atoms with E-state index in [9.17, 15) is 19.1 Å². The number of fused-ring (bicyclic) bond motifs is 1. The molecule has 3 aliphatic rings. The molecule has 3 atom stereocenters. The number of aromatic nitrogens is 1. The van der Waals surface area contributed by atoms with Gasteiger partial charge >= 0.3 is 0 Å². The van der Waals surface area contributed by atoms with E-state index in [4.69, 9.17) is 0 Å². The smallest absolute Gasteiger partial charge is 0.270 e. The third-order valence-electron chi connectivity index (χ3n) is 9.33. The molecule has 1 saturated carbocycles. The molecule has 3 fully saturated rings. The molecule has 6 rings (SSSR count). The number of hydrogen-bond acceptors (Lipinski definition) is 6. The van der Waals surface area contributed by atoms with Gasteiger partial charge in [0.05, 0.1) is 18.1 Å². The molecule has 1 aromatic heterocycles. The van der Waals surface area contributed by atoms with Crippen LogP contribution in [0.1, 0.15) is 85.1 Å². The summed E-state index contributed by atoms with van der Waals surface area (Å²) in [7, 11) is 0. The topological polar surface area (TPSA) is 97.8 Å². The highest BCUT2D eigenvalue weighted by Gasteiger charge is 2.35. The highest BCUT2D eigenvalue weighted by molar-refractivity contribution is 5.96. The summed E-state index contributed by atoms with van der Waals surface area (Å²) in [6.45, 7) is 5.65. The molecule has 9 heteroatoms. The number of aliphatic hydroxyl groups is 1. The molecule has 45 heavy (non-hydrogen) atoms. The van der Waals surface area contributed by atoms with E-state index in [0.717, 1.165) is 31.6 Å². The Morgan fingerprint density at radius 3 is 2.64 bits per heavy atom. The van der Waals surface area contributed by atoms with Gasteiger partial charge in [-0.2, -0.15) is 0 Å². The first-order chi connectivity index (χ1) is 21.8. The molecule has 2 aromatic carbocycles. The predicted molar refractivity (Wildman–Crippen MR) is 174 cm³/mol. The molecule has 0 spiro atoms. The molecule has 2 aliphatic heterocycles. The first-order valence-corrected chi connectivity index (χ1v) is 16.5. The van der Waals surface area contributed by atoms with Crippen LogP contribution in [-0.2, 0) is 11.3 Å². The molecule has 3 aromatic rings. The minimum absolute atomic E-state index is 0.132. The molecule has 3 heterocycles. The number of rotatable bonds is 11. The highest BCUT2D eigenvalue weighted by atomic mass is 19.1. The minimum atomic E-state index is -0.919. The monoisotopic (exact) mass is 613 g/mol. The number of carbonyl (C=O) groups is 2. The number of halogens is 1. The summed E-state index contributed by atoms with van der Waals surface area (Å²) in [6, 6.07) is 13.5. The molecule has 3 N–H and O–H groups in total. The van der Waals surface area contributed by atoms with E-state index in [-0.39, 0.29) is 30.0 Å². The van der Waals surface area contributed by atoms with Crippen LogP contribution in [0.3, 0.4) is 0 Å². The summed E-state index contributed by atoms with van der Waals surface area (Å²) in [5.74, 6) is -0.437. The van der Waals surface area contributed by atoms with Gasteiger partial charge in [0.25, 0.3) is 5.91 Å². The maximum absolute atomic E-state index is 13.5. The van der Waals surface area contributed by atoms with Crippen molar-refractivity contribution in [1.82, 2.24) is 25.4 Å². The number of hydrogen-bond donors (Lipinski definition) is 3. The molecule has 2 amide bonds. The van der Waals surface area contributed by atoms with Crippen LogP contribution < -0.4 is 10.6 Å². The summed E-state index contributed by atoms with van der Waals surface area (Å²) >= 11 is 0. The van der Waals surface area contributed by atoms with E-state index in [2.05, 4.69) is 57.8 Å². The lowest BCUT2D eigenvalue weighted by Crippen LogP contribution is -2.51. The molecule has 0 radical (unpaired) electrons. The van der Waals surface area contributed by atoms with Gasteiger partial charge in [0.2, 0.25) is 5.91 Å². The SMILES string of the molecule is C[C@H](NC(O)C1CCCN1C(=O)CNC(=O)c1ccc2cc(F)ccc2n1)c1ccc(CN2CCCCC2)cc1/C=C/C1CC1. The van der Waals surface area contributed by atoms with E-state index in [1.54, 1.807) is 11.0 Å². The average molecular weight is 614 g/mol. The molecule has 0 bridgehead atoms. The van der Waals surface area contributed by atoms with Gasteiger partial charge in [-0.3, -0.25) is 19.8 Å². The standard InChI is InChI=1S/C36H44FN5O3/c1-24(30-14-10-26(23-41-17-3-2-4-18-41)20-27(30)11-9-25-7-8-25)39-36(45)33-6-5-19-42(33)34(43)22-38-35(44)32-15-12-28-21-29(37)13-16-31(28)40-32/h9-16,20-21,24-25,33,36,39,45H,2-8,17-19,22-23H2,1H3,(H,38,44)/b11-9+/t24-,33?,36?/m0/s1. The molecule has 2 saturated heterocycles. The Hall–Kier alpha value is -3.66. The van der Waals surface area contributed by atoms with E-state index in [1.165, 1.54) is 67.5 Å². The van der Waals surface area contributed by atoms with Crippen molar-refractivity contribution in [1.29, 1.82) is 0 Å². The number of aliphatic hydroxyl groups excluding tert-OH is 1. The number of likely N-dealkylation sites (tertiary alicyclic amines) is 2. The number of nitrogens with zero attached hydrogens (tertiary/aromatic N) is 3. The van der Waals surface area contributed by atoms with Crippen molar-refractivity contribution < 1.29 is 19.1 Å². The van der Waals surface area contributed by atoms with Crippen LogP contribution in [0.25, 0.3) is 17.0 Å². The van der Waals surface area contributed by atoms with Crippen LogP contribution in [0.5, 0.6) is 0 Å².